The number of benzene rings is 1. The van der Waals surface area contributed by atoms with E-state index in [1.807, 2.05) is 0 Å². The third-order valence-electron chi connectivity index (χ3n) is 5.52. The molecular weight excluding hydrogens is 412 g/mol. The van der Waals surface area contributed by atoms with Crippen molar-refractivity contribution in [3.05, 3.63) is 78.1 Å². The molecule has 2 heterocycles. The molecule has 8 heteroatoms. The van der Waals surface area contributed by atoms with E-state index in [2.05, 4.69) is 5.32 Å². The number of furan rings is 2. The van der Waals surface area contributed by atoms with E-state index in [4.69, 9.17) is 13.6 Å². The summed E-state index contributed by atoms with van der Waals surface area (Å²) in [7, 11) is 1.28. The monoisotopic (exact) mass is 436 g/mol. The second-order valence-electron chi connectivity index (χ2n) is 7.60. The van der Waals surface area contributed by atoms with Gasteiger partial charge in [-0.15, -0.1) is 0 Å². The van der Waals surface area contributed by atoms with Gasteiger partial charge in [0.2, 0.25) is 0 Å². The highest BCUT2D eigenvalue weighted by atomic mass is 16.5. The Morgan fingerprint density at radius 3 is 2.44 bits per heavy atom. The van der Waals surface area contributed by atoms with Crippen LogP contribution >= 0.6 is 0 Å². The van der Waals surface area contributed by atoms with Gasteiger partial charge in [-0.05, 0) is 55.3 Å². The van der Waals surface area contributed by atoms with Crippen LogP contribution in [0, 0.1) is 0 Å². The molecule has 166 valence electrons. The highest BCUT2D eigenvalue weighted by molar-refractivity contribution is 6.09. The average Bonchev–Trinajstić information content (AvgIpc) is 3.59. The third-order valence-corrected chi connectivity index (χ3v) is 5.52. The maximum absolute atomic E-state index is 13.5. The molecule has 1 aromatic carbocycles. The zero-order valence-electron chi connectivity index (χ0n) is 17.7. The van der Waals surface area contributed by atoms with Crippen molar-refractivity contribution in [3.8, 4) is 0 Å². The normalized spacial score (nSPS) is 14.7. The molecule has 1 aliphatic carbocycles. The molecule has 0 spiro atoms. The van der Waals surface area contributed by atoms with Gasteiger partial charge in [-0.2, -0.15) is 0 Å². The van der Waals surface area contributed by atoms with Crippen LogP contribution in [-0.2, 0) is 9.53 Å². The van der Waals surface area contributed by atoms with Crippen molar-refractivity contribution in [2.75, 3.05) is 12.0 Å². The number of hydrogen-bond acceptors (Lipinski definition) is 6. The van der Waals surface area contributed by atoms with Gasteiger partial charge in [0.25, 0.3) is 11.8 Å². The van der Waals surface area contributed by atoms with Gasteiger partial charge in [0.05, 0.1) is 25.2 Å². The molecule has 0 saturated heterocycles. The Balaban J connectivity index is 1.79. The number of anilines is 1. The fraction of sp³-hybridized carbons (Fsp3) is 0.292. The van der Waals surface area contributed by atoms with Crippen LogP contribution < -0.4 is 10.2 Å². The Morgan fingerprint density at radius 2 is 1.78 bits per heavy atom. The van der Waals surface area contributed by atoms with Crippen LogP contribution in [0.4, 0.5) is 5.69 Å². The number of carbonyl (C=O) groups is 3. The van der Waals surface area contributed by atoms with Crippen LogP contribution in [0.3, 0.4) is 0 Å². The van der Waals surface area contributed by atoms with Crippen molar-refractivity contribution in [2.24, 2.45) is 0 Å². The molecule has 0 bridgehead atoms. The summed E-state index contributed by atoms with van der Waals surface area (Å²) in [4.78, 5) is 40.4. The highest BCUT2D eigenvalue weighted by Crippen LogP contribution is 2.32. The number of hydrogen-bond donors (Lipinski definition) is 1. The van der Waals surface area contributed by atoms with Crippen molar-refractivity contribution in [2.45, 2.75) is 37.8 Å². The zero-order chi connectivity index (χ0) is 22.5. The Labute approximate surface area is 185 Å². The Kier molecular flexibility index (Phi) is 6.39. The zero-order valence-corrected chi connectivity index (χ0v) is 17.7. The molecule has 0 unspecified atom stereocenters. The maximum atomic E-state index is 13.5. The molecule has 8 nitrogen and oxygen atoms in total. The molecule has 2 amide bonds. The summed E-state index contributed by atoms with van der Waals surface area (Å²) in [5.41, 5.74) is 0.578. The number of esters is 1. The molecule has 1 atom stereocenters. The van der Waals surface area contributed by atoms with E-state index in [-0.39, 0.29) is 23.3 Å². The summed E-state index contributed by atoms with van der Waals surface area (Å²) < 4.78 is 15.7. The fourth-order valence-electron chi connectivity index (χ4n) is 3.97. The number of methoxy groups -OCH3 is 1. The van der Waals surface area contributed by atoms with E-state index in [9.17, 15) is 14.4 Å². The summed E-state index contributed by atoms with van der Waals surface area (Å²) in [6.45, 7) is 0. The van der Waals surface area contributed by atoms with Gasteiger partial charge in [-0.3, -0.25) is 14.5 Å². The first-order chi connectivity index (χ1) is 15.6. The fourth-order valence-corrected chi connectivity index (χ4v) is 3.97. The summed E-state index contributed by atoms with van der Waals surface area (Å²) >= 11 is 0. The predicted molar refractivity (Wildman–Crippen MR) is 115 cm³/mol. The van der Waals surface area contributed by atoms with Gasteiger partial charge < -0.3 is 18.9 Å². The second kappa shape index (κ2) is 9.55. The highest BCUT2D eigenvalue weighted by Gasteiger charge is 2.37. The van der Waals surface area contributed by atoms with Gasteiger partial charge >= 0.3 is 5.97 Å². The average molecular weight is 436 g/mol. The molecule has 4 rings (SSSR count). The van der Waals surface area contributed by atoms with Crippen molar-refractivity contribution < 1.29 is 28.0 Å². The minimum atomic E-state index is -1.10. The summed E-state index contributed by atoms with van der Waals surface area (Å²) in [6.07, 6.45) is 6.71. The van der Waals surface area contributed by atoms with Crippen LogP contribution in [0.15, 0.2) is 69.9 Å². The lowest BCUT2D eigenvalue weighted by Gasteiger charge is -2.30. The number of carbonyl (C=O) groups excluding carboxylic acids is 3. The topological polar surface area (TPSA) is 102 Å². The largest absolute Gasteiger partial charge is 0.467 e. The van der Waals surface area contributed by atoms with Gasteiger partial charge in [0, 0.05) is 11.7 Å². The van der Waals surface area contributed by atoms with Crippen LogP contribution in [0.5, 0.6) is 0 Å². The number of ether oxygens (including phenoxy) is 1. The lowest BCUT2D eigenvalue weighted by atomic mass is 10.1. The second-order valence-corrected chi connectivity index (χ2v) is 7.60. The minimum absolute atomic E-state index is 0.0435. The number of nitrogens with one attached hydrogen (secondary N) is 1. The lowest BCUT2D eigenvalue weighted by Crippen LogP contribution is -2.46. The molecule has 0 radical (unpaired) electrons. The van der Waals surface area contributed by atoms with E-state index in [0.717, 1.165) is 25.7 Å². The molecule has 32 heavy (non-hydrogen) atoms. The van der Waals surface area contributed by atoms with Crippen molar-refractivity contribution >= 4 is 23.5 Å². The van der Waals surface area contributed by atoms with Gasteiger partial charge in [0.1, 0.15) is 5.76 Å². The van der Waals surface area contributed by atoms with E-state index in [0.29, 0.717) is 11.4 Å². The third kappa shape index (κ3) is 4.44. The van der Waals surface area contributed by atoms with Gasteiger partial charge in [-0.1, -0.05) is 18.9 Å². The van der Waals surface area contributed by atoms with E-state index in [1.165, 1.54) is 36.7 Å². The molecule has 2 aromatic heterocycles. The standard InChI is InChI=1S/C24H24N2O6/c1-30-24(29)16-7-4-10-18(15-16)26(23(28)20-12-6-14-32-20)21(19-11-5-13-31-19)22(27)25-17-8-2-3-9-17/h4-7,10-15,17,21H,2-3,8-9H2,1H3,(H,25,27)/t21-/m1/s1. The number of rotatable bonds is 7. The molecule has 1 fully saturated rings. The molecule has 1 aliphatic rings. The summed E-state index contributed by atoms with van der Waals surface area (Å²) in [5.74, 6) is -1.11. The Bertz CT molecular complexity index is 1070. The van der Waals surface area contributed by atoms with E-state index >= 15 is 0 Å². The molecule has 3 aromatic rings. The van der Waals surface area contributed by atoms with Crippen LogP contribution in [0.2, 0.25) is 0 Å². The van der Waals surface area contributed by atoms with Gasteiger partial charge in [0.15, 0.2) is 11.8 Å². The Hall–Kier alpha value is -3.81. The SMILES string of the molecule is COC(=O)c1cccc(N(C(=O)c2ccco2)[C@@H](C(=O)NC2CCCC2)c2ccco2)c1. The molecular formula is C24H24N2O6. The predicted octanol–water partition coefficient (Wildman–Crippen LogP) is 4.11. The molecule has 0 aliphatic heterocycles. The first-order valence-corrected chi connectivity index (χ1v) is 10.5. The van der Waals surface area contributed by atoms with Crippen molar-refractivity contribution in [1.29, 1.82) is 0 Å². The smallest absolute Gasteiger partial charge is 0.337 e. The van der Waals surface area contributed by atoms with E-state index < -0.39 is 17.9 Å². The quantitative estimate of drug-likeness (QED) is 0.560. The summed E-state index contributed by atoms with van der Waals surface area (Å²) in [5, 5.41) is 3.05. The van der Waals surface area contributed by atoms with Crippen molar-refractivity contribution in [1.82, 2.24) is 5.32 Å². The lowest BCUT2D eigenvalue weighted by molar-refractivity contribution is -0.123. The van der Waals surface area contributed by atoms with Crippen LogP contribution in [0.1, 0.15) is 58.4 Å². The van der Waals surface area contributed by atoms with Crippen LogP contribution in [-0.4, -0.2) is 30.9 Å². The maximum Gasteiger partial charge on any atom is 0.337 e. The first kappa shape index (κ1) is 21.4. The van der Waals surface area contributed by atoms with Crippen LogP contribution in [0.25, 0.3) is 0 Å². The van der Waals surface area contributed by atoms with Crippen molar-refractivity contribution in [3.63, 3.8) is 0 Å². The number of amides is 2. The summed E-state index contributed by atoms with van der Waals surface area (Å²) in [6, 6.07) is 11.7. The molecule has 1 N–H and O–H groups in total. The van der Waals surface area contributed by atoms with E-state index in [1.54, 1.807) is 36.4 Å². The molecule has 1 saturated carbocycles. The first-order valence-electron chi connectivity index (χ1n) is 10.5. The minimum Gasteiger partial charge on any atom is -0.467 e. The van der Waals surface area contributed by atoms with Gasteiger partial charge in [-0.25, -0.2) is 4.79 Å². The Morgan fingerprint density at radius 1 is 1.03 bits per heavy atom. The number of nitrogens with zero attached hydrogens (tertiary/aromatic N) is 1.